The van der Waals surface area contributed by atoms with Crippen LogP contribution in [0, 0.1) is 6.92 Å². The number of benzene rings is 1. The minimum Gasteiger partial charge on any atom is -0.335 e. The number of fused-ring (bicyclic) bond motifs is 1. The zero-order valence-corrected chi connectivity index (χ0v) is 18.8. The lowest BCUT2D eigenvalue weighted by Crippen LogP contribution is -2.48. The Kier molecular flexibility index (Phi) is 5.43. The molecule has 1 saturated heterocycles. The molecule has 0 atom stereocenters. The highest BCUT2D eigenvalue weighted by molar-refractivity contribution is 7.21. The van der Waals surface area contributed by atoms with Crippen molar-refractivity contribution >= 4 is 38.8 Å². The van der Waals surface area contributed by atoms with Gasteiger partial charge in [-0.05, 0) is 30.7 Å². The van der Waals surface area contributed by atoms with E-state index in [1.54, 1.807) is 22.7 Å². The SMILES string of the molecule is Cc1ccc(C(=O)N2CCN(Cc3nc4sc(-c5ccccc5)cc4c(=O)[nH]3)CC2)s1. The third kappa shape index (κ3) is 4.19. The minimum atomic E-state index is -0.0969. The Morgan fingerprint density at radius 3 is 2.55 bits per heavy atom. The maximum absolute atomic E-state index is 12.6. The van der Waals surface area contributed by atoms with Gasteiger partial charge in [-0.2, -0.15) is 0 Å². The van der Waals surface area contributed by atoms with Crippen LogP contribution in [0.5, 0.6) is 0 Å². The van der Waals surface area contributed by atoms with Crippen molar-refractivity contribution < 1.29 is 4.79 Å². The van der Waals surface area contributed by atoms with E-state index in [2.05, 4.69) is 9.88 Å². The van der Waals surface area contributed by atoms with E-state index >= 15 is 0 Å². The van der Waals surface area contributed by atoms with Gasteiger partial charge in [-0.3, -0.25) is 14.5 Å². The van der Waals surface area contributed by atoms with Crippen molar-refractivity contribution in [1.29, 1.82) is 0 Å². The highest BCUT2D eigenvalue weighted by Gasteiger charge is 2.23. The third-order valence-electron chi connectivity index (χ3n) is 5.49. The van der Waals surface area contributed by atoms with E-state index in [1.807, 2.05) is 60.4 Å². The molecule has 5 rings (SSSR count). The van der Waals surface area contributed by atoms with Crippen LogP contribution in [0.2, 0.25) is 0 Å². The van der Waals surface area contributed by atoms with Crippen LogP contribution in [0.3, 0.4) is 0 Å². The fraction of sp³-hybridized carbons (Fsp3) is 0.261. The predicted molar refractivity (Wildman–Crippen MR) is 126 cm³/mol. The standard InChI is InChI=1S/C23H22N4O2S2/c1-15-7-8-18(30-15)23(29)27-11-9-26(10-12-27)14-20-24-21(28)17-13-19(31-22(17)25-20)16-5-3-2-4-6-16/h2-8,13H,9-12,14H2,1H3,(H,24,25,28). The minimum absolute atomic E-state index is 0.0969. The Labute approximate surface area is 187 Å². The highest BCUT2D eigenvalue weighted by atomic mass is 32.1. The molecule has 1 fully saturated rings. The third-order valence-corrected chi connectivity index (χ3v) is 7.56. The number of carbonyl (C=O) groups excluding carboxylic acids is 1. The molecule has 3 aromatic heterocycles. The summed E-state index contributed by atoms with van der Waals surface area (Å²) in [6.45, 7) is 5.47. The van der Waals surface area contributed by atoms with Crippen molar-refractivity contribution in [3.63, 3.8) is 0 Å². The molecule has 1 aliphatic rings. The van der Waals surface area contributed by atoms with Gasteiger partial charge in [-0.15, -0.1) is 22.7 Å². The van der Waals surface area contributed by atoms with Gasteiger partial charge in [0.05, 0.1) is 16.8 Å². The summed E-state index contributed by atoms with van der Waals surface area (Å²) in [5.74, 6) is 0.783. The number of thiophene rings is 2. The van der Waals surface area contributed by atoms with Gasteiger partial charge in [-0.1, -0.05) is 30.3 Å². The number of nitrogens with one attached hydrogen (secondary N) is 1. The second kappa shape index (κ2) is 8.37. The van der Waals surface area contributed by atoms with Gasteiger partial charge in [0.25, 0.3) is 11.5 Å². The number of piperazine rings is 1. The van der Waals surface area contributed by atoms with Crippen molar-refractivity contribution in [2.75, 3.05) is 26.2 Å². The van der Waals surface area contributed by atoms with Gasteiger partial charge in [0.15, 0.2) is 0 Å². The number of nitrogens with zero attached hydrogens (tertiary/aromatic N) is 3. The Balaban J connectivity index is 1.28. The first-order valence-corrected chi connectivity index (χ1v) is 11.9. The highest BCUT2D eigenvalue weighted by Crippen LogP contribution is 2.30. The van der Waals surface area contributed by atoms with Gasteiger partial charge in [0.2, 0.25) is 0 Å². The lowest BCUT2D eigenvalue weighted by molar-refractivity contribution is 0.0630. The number of aryl methyl sites for hydroxylation is 1. The first-order valence-electron chi connectivity index (χ1n) is 10.2. The van der Waals surface area contributed by atoms with E-state index in [1.165, 1.54) is 0 Å². The molecule has 1 aliphatic heterocycles. The first-order chi connectivity index (χ1) is 15.1. The van der Waals surface area contributed by atoms with Crippen molar-refractivity contribution in [2.24, 2.45) is 0 Å². The number of hydrogen-bond donors (Lipinski definition) is 1. The summed E-state index contributed by atoms with van der Waals surface area (Å²) in [6, 6.07) is 15.9. The zero-order valence-electron chi connectivity index (χ0n) is 17.1. The molecular weight excluding hydrogens is 428 g/mol. The lowest BCUT2D eigenvalue weighted by Gasteiger charge is -2.34. The van der Waals surface area contributed by atoms with Crippen molar-refractivity contribution in [3.8, 4) is 10.4 Å². The maximum atomic E-state index is 12.6. The maximum Gasteiger partial charge on any atom is 0.264 e. The van der Waals surface area contributed by atoms with Crippen molar-refractivity contribution in [3.05, 3.63) is 74.5 Å². The smallest absolute Gasteiger partial charge is 0.264 e. The van der Waals surface area contributed by atoms with Crippen molar-refractivity contribution in [2.45, 2.75) is 13.5 Å². The molecule has 8 heteroatoms. The topological polar surface area (TPSA) is 69.3 Å². The molecule has 1 aromatic carbocycles. The molecule has 0 radical (unpaired) electrons. The van der Waals surface area contributed by atoms with E-state index in [0.717, 1.165) is 38.1 Å². The molecule has 0 bridgehead atoms. The van der Waals surface area contributed by atoms with Gasteiger partial charge in [0, 0.05) is 35.9 Å². The van der Waals surface area contributed by atoms with Crippen molar-refractivity contribution in [1.82, 2.24) is 19.8 Å². The van der Waals surface area contributed by atoms with Crippen LogP contribution in [0.25, 0.3) is 20.7 Å². The van der Waals surface area contributed by atoms with E-state index in [-0.39, 0.29) is 11.5 Å². The van der Waals surface area contributed by atoms with Crippen LogP contribution in [-0.4, -0.2) is 51.9 Å². The average molecular weight is 451 g/mol. The monoisotopic (exact) mass is 450 g/mol. The van der Waals surface area contributed by atoms with Crippen LogP contribution in [0.15, 0.2) is 53.3 Å². The second-order valence-corrected chi connectivity index (χ2v) is 10.0. The molecule has 0 saturated carbocycles. The second-order valence-electron chi connectivity index (χ2n) is 7.69. The molecule has 6 nitrogen and oxygen atoms in total. The Bertz CT molecular complexity index is 1280. The summed E-state index contributed by atoms with van der Waals surface area (Å²) in [4.78, 5) is 40.8. The molecule has 0 unspecified atom stereocenters. The molecule has 0 aliphatic carbocycles. The Morgan fingerprint density at radius 2 is 1.84 bits per heavy atom. The van der Waals surface area contributed by atoms with Gasteiger partial charge >= 0.3 is 0 Å². The number of H-pyrrole nitrogens is 1. The Morgan fingerprint density at radius 1 is 1.06 bits per heavy atom. The van der Waals surface area contributed by atoms with Crippen LogP contribution >= 0.6 is 22.7 Å². The number of aromatic amines is 1. The lowest BCUT2D eigenvalue weighted by atomic mass is 10.2. The zero-order chi connectivity index (χ0) is 21.4. The number of amides is 1. The number of aromatic nitrogens is 2. The van der Waals surface area contributed by atoms with Gasteiger partial charge in [0.1, 0.15) is 10.7 Å². The molecule has 1 N–H and O–H groups in total. The molecule has 4 heterocycles. The summed E-state index contributed by atoms with van der Waals surface area (Å²) < 4.78 is 0. The van der Waals surface area contributed by atoms with E-state index in [4.69, 9.17) is 4.98 Å². The fourth-order valence-corrected chi connectivity index (χ4v) is 5.71. The Hall–Kier alpha value is -2.81. The fourth-order valence-electron chi connectivity index (χ4n) is 3.82. The van der Waals surface area contributed by atoms with Gasteiger partial charge in [-0.25, -0.2) is 4.98 Å². The number of carbonyl (C=O) groups is 1. The molecule has 4 aromatic rings. The van der Waals surface area contributed by atoms with Crippen LogP contribution in [-0.2, 0) is 6.54 Å². The van der Waals surface area contributed by atoms with Gasteiger partial charge < -0.3 is 9.88 Å². The average Bonchev–Trinajstić information content (AvgIpc) is 3.41. The molecule has 31 heavy (non-hydrogen) atoms. The summed E-state index contributed by atoms with van der Waals surface area (Å²) in [7, 11) is 0. The van der Waals surface area contributed by atoms with Crippen LogP contribution in [0.1, 0.15) is 20.4 Å². The predicted octanol–water partition coefficient (Wildman–Crippen LogP) is 3.98. The number of hydrogen-bond acceptors (Lipinski definition) is 6. The largest absolute Gasteiger partial charge is 0.335 e. The van der Waals surface area contributed by atoms with Crippen LogP contribution in [0.4, 0.5) is 0 Å². The molecule has 158 valence electrons. The summed E-state index contributed by atoms with van der Waals surface area (Å²) in [5, 5.41) is 0.634. The quantitative estimate of drug-likeness (QED) is 0.511. The molecular formula is C23H22N4O2S2. The van der Waals surface area contributed by atoms with Crippen LogP contribution < -0.4 is 5.56 Å². The van der Waals surface area contributed by atoms with E-state index in [0.29, 0.717) is 30.8 Å². The van der Waals surface area contributed by atoms with E-state index < -0.39 is 0 Å². The summed E-state index contributed by atoms with van der Waals surface area (Å²) in [5.41, 5.74) is 0.994. The summed E-state index contributed by atoms with van der Waals surface area (Å²) >= 11 is 3.09. The normalized spacial score (nSPS) is 14.9. The molecule has 0 spiro atoms. The van der Waals surface area contributed by atoms with E-state index in [9.17, 15) is 9.59 Å². The number of rotatable bonds is 4. The first kappa shape index (κ1) is 20.1. The summed E-state index contributed by atoms with van der Waals surface area (Å²) in [6.07, 6.45) is 0. The molecule has 1 amide bonds.